The first-order chi connectivity index (χ1) is 13.0. The Kier molecular flexibility index (Phi) is 5.72. The van der Waals surface area contributed by atoms with E-state index in [1.807, 2.05) is 50.5 Å². The molecule has 0 spiro atoms. The van der Waals surface area contributed by atoms with Crippen LogP contribution in [0.1, 0.15) is 33.5 Å². The largest absolute Gasteiger partial charge is 0.352 e. The van der Waals surface area contributed by atoms with Crippen molar-refractivity contribution in [2.75, 3.05) is 20.6 Å². The molecule has 0 radical (unpaired) electrons. The second-order valence-electron chi connectivity index (χ2n) is 6.98. The summed E-state index contributed by atoms with van der Waals surface area (Å²) < 4.78 is 0. The van der Waals surface area contributed by atoms with Gasteiger partial charge in [-0.25, -0.2) is 0 Å². The van der Waals surface area contributed by atoms with E-state index in [1.54, 1.807) is 11.0 Å². The molecule has 1 N–H and O–H groups in total. The number of carbonyl (C=O) groups excluding carboxylic acids is 2. The van der Waals surface area contributed by atoms with E-state index >= 15 is 0 Å². The van der Waals surface area contributed by atoms with Gasteiger partial charge in [-0.3, -0.25) is 9.59 Å². The lowest BCUT2D eigenvalue weighted by molar-refractivity contribution is -0.121. The summed E-state index contributed by atoms with van der Waals surface area (Å²) in [6, 6.07) is 15.5. The smallest absolute Gasteiger partial charge is 0.258 e. The average Bonchev–Trinajstić information content (AvgIpc) is 2.90. The summed E-state index contributed by atoms with van der Waals surface area (Å²) in [5, 5.41) is 2.96. The van der Waals surface area contributed by atoms with E-state index in [9.17, 15) is 9.59 Å². The molecule has 2 aromatic rings. The molecule has 0 aromatic heterocycles. The van der Waals surface area contributed by atoms with Gasteiger partial charge in [0.25, 0.3) is 5.91 Å². The maximum absolute atomic E-state index is 12.5. The molecule has 1 heterocycles. The molecule has 5 heteroatoms. The maximum atomic E-state index is 12.5. The van der Waals surface area contributed by atoms with Crippen LogP contribution in [0.25, 0.3) is 5.70 Å². The zero-order chi connectivity index (χ0) is 19.4. The molecule has 140 valence electrons. The minimum absolute atomic E-state index is 0.0776. The van der Waals surface area contributed by atoms with Crippen molar-refractivity contribution in [3.8, 4) is 0 Å². The molecule has 2 aromatic carbocycles. The number of carbonyl (C=O) groups is 2. The molecule has 1 aliphatic heterocycles. The summed E-state index contributed by atoms with van der Waals surface area (Å²) in [4.78, 5) is 28.5. The Morgan fingerprint density at radius 1 is 1.04 bits per heavy atom. The molecule has 0 aliphatic carbocycles. The first kappa shape index (κ1) is 18.9. The lowest BCUT2D eigenvalue weighted by Gasteiger charge is -2.18. The molecule has 3 rings (SSSR count). The van der Waals surface area contributed by atoms with E-state index in [0.717, 1.165) is 17.7 Å². The van der Waals surface area contributed by atoms with Gasteiger partial charge in [0.15, 0.2) is 0 Å². The summed E-state index contributed by atoms with van der Waals surface area (Å²) in [7, 11) is 4.04. The van der Waals surface area contributed by atoms with Crippen LogP contribution in [-0.2, 0) is 17.9 Å². The third kappa shape index (κ3) is 4.26. The van der Waals surface area contributed by atoms with Gasteiger partial charge in [-0.15, -0.1) is 0 Å². The summed E-state index contributed by atoms with van der Waals surface area (Å²) in [5.74, 6) is -0.161. The lowest BCUT2D eigenvalue weighted by atomic mass is 10.1. The highest BCUT2D eigenvalue weighted by atomic mass is 16.2. The molecule has 0 atom stereocenters. The minimum atomic E-state index is -0.0836. The fraction of sp³-hybridized carbons (Fsp3) is 0.273. The van der Waals surface area contributed by atoms with Gasteiger partial charge in [0, 0.05) is 42.9 Å². The van der Waals surface area contributed by atoms with Crippen LogP contribution < -0.4 is 5.32 Å². The van der Waals surface area contributed by atoms with Crippen LogP contribution in [0.2, 0.25) is 0 Å². The molecular formula is C22H25N3O2. The first-order valence-corrected chi connectivity index (χ1v) is 9.05. The van der Waals surface area contributed by atoms with Gasteiger partial charge in [-0.2, -0.15) is 0 Å². The van der Waals surface area contributed by atoms with Crippen molar-refractivity contribution in [2.24, 2.45) is 0 Å². The van der Waals surface area contributed by atoms with Crippen molar-refractivity contribution in [3.63, 3.8) is 0 Å². The van der Waals surface area contributed by atoms with Crippen molar-refractivity contribution in [1.29, 1.82) is 0 Å². The zero-order valence-electron chi connectivity index (χ0n) is 15.9. The van der Waals surface area contributed by atoms with Gasteiger partial charge in [0.2, 0.25) is 5.91 Å². The monoisotopic (exact) mass is 363 g/mol. The highest BCUT2D eigenvalue weighted by Gasteiger charge is 2.30. The second kappa shape index (κ2) is 8.18. The zero-order valence-corrected chi connectivity index (χ0v) is 15.9. The van der Waals surface area contributed by atoms with Crippen LogP contribution >= 0.6 is 0 Å². The van der Waals surface area contributed by atoms with Crippen LogP contribution in [0.15, 0.2) is 55.1 Å². The number of hydrogen-bond acceptors (Lipinski definition) is 3. The maximum Gasteiger partial charge on any atom is 0.258 e. The average molecular weight is 363 g/mol. The van der Waals surface area contributed by atoms with Crippen LogP contribution in [0.5, 0.6) is 0 Å². The molecule has 0 saturated carbocycles. The Balaban J connectivity index is 1.54. The molecule has 2 amide bonds. The van der Waals surface area contributed by atoms with Crippen molar-refractivity contribution in [2.45, 2.75) is 19.5 Å². The Bertz CT molecular complexity index is 838. The Labute approximate surface area is 160 Å². The standard InChI is InChI=1S/C22H25N3O2/c1-16-19-10-6-7-11-20(19)22(27)25(16)13-12-21(26)23-14-17-8-4-5-9-18(17)15-24(2)3/h4-11H,1,12-15H2,2-3H3,(H,23,26). The Hall–Kier alpha value is -2.92. The fourth-order valence-corrected chi connectivity index (χ4v) is 3.29. The fourth-order valence-electron chi connectivity index (χ4n) is 3.29. The Morgan fingerprint density at radius 3 is 2.33 bits per heavy atom. The topological polar surface area (TPSA) is 52.7 Å². The van der Waals surface area contributed by atoms with Crippen molar-refractivity contribution >= 4 is 17.5 Å². The Morgan fingerprint density at radius 2 is 1.67 bits per heavy atom. The van der Waals surface area contributed by atoms with Crippen LogP contribution in [0, 0.1) is 0 Å². The predicted octanol–water partition coefficient (Wildman–Crippen LogP) is 2.88. The molecular weight excluding hydrogens is 338 g/mol. The minimum Gasteiger partial charge on any atom is -0.352 e. The number of nitrogens with one attached hydrogen (secondary N) is 1. The third-order valence-electron chi connectivity index (χ3n) is 4.68. The molecule has 0 bridgehead atoms. The van der Waals surface area contributed by atoms with Crippen molar-refractivity contribution < 1.29 is 9.59 Å². The lowest BCUT2D eigenvalue weighted by Crippen LogP contribution is -2.30. The van der Waals surface area contributed by atoms with Gasteiger partial charge < -0.3 is 15.1 Å². The number of benzene rings is 2. The third-order valence-corrected chi connectivity index (χ3v) is 4.68. The molecule has 1 aliphatic rings. The van der Waals surface area contributed by atoms with Gasteiger partial charge >= 0.3 is 0 Å². The van der Waals surface area contributed by atoms with Gasteiger partial charge in [-0.1, -0.05) is 49.0 Å². The molecule has 0 saturated heterocycles. The molecule has 27 heavy (non-hydrogen) atoms. The highest BCUT2D eigenvalue weighted by molar-refractivity contribution is 6.08. The van der Waals surface area contributed by atoms with E-state index < -0.39 is 0 Å². The van der Waals surface area contributed by atoms with E-state index in [4.69, 9.17) is 0 Å². The van der Waals surface area contributed by atoms with E-state index in [0.29, 0.717) is 24.4 Å². The molecule has 0 fully saturated rings. The summed E-state index contributed by atoms with van der Waals surface area (Å²) in [6.45, 7) is 5.65. The van der Waals surface area contributed by atoms with Crippen molar-refractivity contribution in [3.05, 3.63) is 77.4 Å². The summed E-state index contributed by atoms with van der Waals surface area (Å²) in [6.07, 6.45) is 0.245. The normalized spacial score (nSPS) is 13.2. The quantitative estimate of drug-likeness (QED) is 0.823. The van der Waals surface area contributed by atoms with E-state index in [2.05, 4.69) is 22.9 Å². The second-order valence-corrected chi connectivity index (χ2v) is 6.98. The SMILES string of the molecule is C=C1c2ccccc2C(=O)N1CCC(=O)NCc1ccccc1CN(C)C. The van der Waals surface area contributed by atoms with E-state index in [1.165, 1.54) is 5.56 Å². The first-order valence-electron chi connectivity index (χ1n) is 9.05. The van der Waals surface area contributed by atoms with Gasteiger partial charge in [-0.05, 0) is 31.3 Å². The van der Waals surface area contributed by atoms with E-state index in [-0.39, 0.29) is 18.2 Å². The van der Waals surface area contributed by atoms with Crippen LogP contribution in [0.4, 0.5) is 0 Å². The van der Waals surface area contributed by atoms with Crippen molar-refractivity contribution in [1.82, 2.24) is 15.1 Å². The number of hydrogen-bond donors (Lipinski definition) is 1. The number of amides is 2. The van der Waals surface area contributed by atoms with Crippen LogP contribution in [0.3, 0.4) is 0 Å². The van der Waals surface area contributed by atoms with Gasteiger partial charge in [0.1, 0.15) is 0 Å². The number of nitrogens with zero attached hydrogens (tertiary/aromatic N) is 2. The van der Waals surface area contributed by atoms with Gasteiger partial charge in [0.05, 0.1) is 0 Å². The summed E-state index contributed by atoms with van der Waals surface area (Å²) in [5.41, 5.74) is 4.47. The number of rotatable bonds is 7. The summed E-state index contributed by atoms with van der Waals surface area (Å²) >= 11 is 0. The highest BCUT2D eigenvalue weighted by Crippen LogP contribution is 2.30. The number of fused-ring (bicyclic) bond motifs is 1. The molecule has 5 nitrogen and oxygen atoms in total. The predicted molar refractivity (Wildman–Crippen MR) is 107 cm³/mol. The van der Waals surface area contributed by atoms with Crippen LogP contribution in [-0.4, -0.2) is 42.3 Å². The molecule has 0 unspecified atom stereocenters.